The van der Waals surface area contributed by atoms with Crippen LogP contribution in [0.5, 0.6) is 0 Å². The van der Waals surface area contributed by atoms with E-state index in [0.29, 0.717) is 30.3 Å². The molecule has 0 unspecified atom stereocenters. The van der Waals surface area contributed by atoms with Crippen LogP contribution < -0.4 is 9.80 Å². The molecule has 6 heteroatoms. The van der Waals surface area contributed by atoms with E-state index in [9.17, 15) is 9.59 Å². The van der Waals surface area contributed by atoms with Crippen molar-refractivity contribution in [2.45, 2.75) is 72.6 Å². The van der Waals surface area contributed by atoms with Gasteiger partial charge in [0.1, 0.15) is 0 Å². The molecule has 0 aliphatic rings. The minimum absolute atomic E-state index is 0.0605. The molecule has 5 aromatic rings. The van der Waals surface area contributed by atoms with Crippen LogP contribution in [0, 0.1) is 0 Å². The molecule has 264 valence electrons. The summed E-state index contributed by atoms with van der Waals surface area (Å²) in [4.78, 5) is 29.8. The molecular formula is C45H50N2O4. The van der Waals surface area contributed by atoms with Crippen LogP contribution in [0.3, 0.4) is 0 Å². The van der Waals surface area contributed by atoms with Gasteiger partial charge in [-0.05, 0) is 128 Å². The number of benzene rings is 5. The molecule has 0 fully saturated rings. The third-order valence-electron chi connectivity index (χ3n) is 9.20. The minimum Gasteiger partial charge on any atom is -0.462 e. The summed E-state index contributed by atoms with van der Waals surface area (Å²) in [6, 6.07) is 40.7. The lowest BCUT2D eigenvalue weighted by Crippen LogP contribution is -2.17. The van der Waals surface area contributed by atoms with Gasteiger partial charge in [0.15, 0.2) is 0 Å². The highest BCUT2D eigenvalue weighted by Crippen LogP contribution is 2.40. The topological polar surface area (TPSA) is 59.1 Å². The summed E-state index contributed by atoms with van der Waals surface area (Å²) < 4.78 is 10.7. The van der Waals surface area contributed by atoms with Crippen molar-refractivity contribution in [2.24, 2.45) is 0 Å². The number of anilines is 6. The standard InChI is InChI=1S/C45H50N2O4/c1-8-29-45(6,7)36-19-23-38(24-20-36)47(42-16-12-14-35(31-42)44(49)51-10-3)40-27-25-39(26-28-40)46(37-21-17-33(18-22-37)32(4)5)41-15-11-13-34(30-41)43(48)50-9-2/h11-28,30-32H,8-10,29H2,1-7H3. The fraction of sp³-hybridized carbons (Fsp3) is 0.289. The summed E-state index contributed by atoms with van der Waals surface area (Å²) in [7, 11) is 0. The largest absolute Gasteiger partial charge is 0.462 e. The second-order valence-electron chi connectivity index (χ2n) is 13.7. The third kappa shape index (κ3) is 8.69. The third-order valence-corrected chi connectivity index (χ3v) is 9.20. The van der Waals surface area contributed by atoms with E-state index >= 15 is 0 Å². The number of esters is 2. The normalized spacial score (nSPS) is 11.3. The molecule has 0 bridgehead atoms. The minimum atomic E-state index is -0.352. The zero-order valence-corrected chi connectivity index (χ0v) is 31.0. The number of hydrogen-bond acceptors (Lipinski definition) is 6. The molecule has 0 amide bonds. The molecule has 0 aliphatic heterocycles. The second kappa shape index (κ2) is 16.6. The summed E-state index contributed by atoms with van der Waals surface area (Å²) in [5, 5.41) is 0. The van der Waals surface area contributed by atoms with Crippen LogP contribution in [-0.4, -0.2) is 25.2 Å². The number of hydrogen-bond donors (Lipinski definition) is 0. The van der Waals surface area contributed by atoms with E-state index in [2.05, 4.69) is 117 Å². The number of nitrogens with zero attached hydrogens (tertiary/aromatic N) is 2. The fourth-order valence-electron chi connectivity index (χ4n) is 6.46. The van der Waals surface area contributed by atoms with Crippen molar-refractivity contribution in [3.05, 3.63) is 144 Å². The Balaban J connectivity index is 1.61. The molecule has 0 radical (unpaired) electrons. The lowest BCUT2D eigenvalue weighted by Gasteiger charge is -2.30. The van der Waals surface area contributed by atoms with E-state index in [1.807, 2.05) is 50.2 Å². The molecule has 5 rings (SSSR count). The molecule has 0 N–H and O–H groups in total. The van der Waals surface area contributed by atoms with Gasteiger partial charge in [-0.2, -0.15) is 0 Å². The van der Waals surface area contributed by atoms with Gasteiger partial charge in [0, 0.05) is 34.1 Å². The second-order valence-corrected chi connectivity index (χ2v) is 13.7. The fourth-order valence-corrected chi connectivity index (χ4v) is 6.46. The summed E-state index contributed by atoms with van der Waals surface area (Å²) in [6.45, 7) is 15.4. The number of ether oxygens (including phenoxy) is 2. The van der Waals surface area contributed by atoms with Crippen molar-refractivity contribution in [3.8, 4) is 0 Å². The van der Waals surface area contributed by atoms with E-state index < -0.39 is 0 Å². The number of carbonyl (C=O) groups excluding carboxylic acids is 2. The predicted octanol–water partition coefficient (Wildman–Crippen LogP) is 12.2. The molecule has 0 saturated carbocycles. The lowest BCUT2D eigenvalue weighted by atomic mass is 9.81. The Bertz CT molecular complexity index is 1910. The molecule has 5 aromatic carbocycles. The Kier molecular flexibility index (Phi) is 12.0. The zero-order chi connectivity index (χ0) is 36.5. The highest BCUT2D eigenvalue weighted by Gasteiger charge is 2.22. The number of carbonyl (C=O) groups is 2. The van der Waals surface area contributed by atoms with Gasteiger partial charge in [-0.25, -0.2) is 9.59 Å². The first-order valence-corrected chi connectivity index (χ1v) is 18.0. The predicted molar refractivity (Wildman–Crippen MR) is 210 cm³/mol. The van der Waals surface area contributed by atoms with Crippen molar-refractivity contribution in [1.29, 1.82) is 0 Å². The highest BCUT2D eigenvalue weighted by atomic mass is 16.5. The van der Waals surface area contributed by atoms with Crippen LogP contribution in [0.25, 0.3) is 0 Å². The molecule has 51 heavy (non-hydrogen) atoms. The first-order valence-electron chi connectivity index (χ1n) is 18.0. The van der Waals surface area contributed by atoms with Crippen LogP contribution in [-0.2, 0) is 14.9 Å². The van der Waals surface area contributed by atoms with Crippen molar-refractivity contribution >= 4 is 46.1 Å². The van der Waals surface area contributed by atoms with Crippen LogP contribution >= 0.6 is 0 Å². The Morgan fingerprint density at radius 1 is 0.569 bits per heavy atom. The lowest BCUT2D eigenvalue weighted by molar-refractivity contribution is 0.0517. The van der Waals surface area contributed by atoms with Gasteiger partial charge in [-0.15, -0.1) is 0 Å². The van der Waals surface area contributed by atoms with Gasteiger partial charge < -0.3 is 19.3 Å². The molecule has 0 heterocycles. The van der Waals surface area contributed by atoms with Crippen molar-refractivity contribution in [3.63, 3.8) is 0 Å². The van der Waals surface area contributed by atoms with Crippen molar-refractivity contribution in [2.75, 3.05) is 23.0 Å². The molecule has 6 nitrogen and oxygen atoms in total. The average molecular weight is 683 g/mol. The molecular weight excluding hydrogens is 633 g/mol. The van der Waals surface area contributed by atoms with Gasteiger partial charge in [0.25, 0.3) is 0 Å². The molecule has 0 aromatic heterocycles. The van der Waals surface area contributed by atoms with Crippen molar-refractivity contribution in [1.82, 2.24) is 0 Å². The van der Waals surface area contributed by atoms with Gasteiger partial charge in [-0.1, -0.05) is 77.4 Å². The SMILES string of the molecule is CCCC(C)(C)c1ccc(N(c2ccc(N(c3ccc(C(C)C)cc3)c3cccc(C(=O)OCC)c3)cc2)c2cccc(C(=O)OCC)c2)cc1. The van der Waals surface area contributed by atoms with Gasteiger partial charge in [0.2, 0.25) is 0 Å². The Hall–Kier alpha value is -5.36. The van der Waals surface area contributed by atoms with Crippen LogP contribution in [0.4, 0.5) is 34.1 Å². The molecule has 0 spiro atoms. The highest BCUT2D eigenvalue weighted by molar-refractivity contribution is 5.93. The van der Waals surface area contributed by atoms with Gasteiger partial charge in [0.05, 0.1) is 24.3 Å². The van der Waals surface area contributed by atoms with E-state index in [4.69, 9.17) is 9.47 Å². The first-order chi connectivity index (χ1) is 24.6. The van der Waals surface area contributed by atoms with Crippen LogP contribution in [0.15, 0.2) is 121 Å². The molecule has 0 saturated heterocycles. The molecule has 0 aliphatic carbocycles. The number of rotatable bonds is 14. The Morgan fingerprint density at radius 3 is 1.33 bits per heavy atom. The van der Waals surface area contributed by atoms with Crippen molar-refractivity contribution < 1.29 is 19.1 Å². The van der Waals surface area contributed by atoms with E-state index in [1.165, 1.54) is 11.1 Å². The van der Waals surface area contributed by atoms with Gasteiger partial charge in [-0.3, -0.25) is 0 Å². The summed E-state index contributed by atoms with van der Waals surface area (Å²) in [5.74, 6) is -0.302. The van der Waals surface area contributed by atoms with E-state index in [0.717, 1.165) is 47.0 Å². The quantitative estimate of drug-likeness (QED) is 0.109. The summed E-state index contributed by atoms with van der Waals surface area (Å²) in [6.07, 6.45) is 2.21. The summed E-state index contributed by atoms with van der Waals surface area (Å²) >= 11 is 0. The summed E-state index contributed by atoms with van der Waals surface area (Å²) in [5.41, 5.74) is 9.07. The Labute approximate surface area is 303 Å². The maximum Gasteiger partial charge on any atom is 0.338 e. The van der Waals surface area contributed by atoms with Gasteiger partial charge >= 0.3 is 11.9 Å². The maximum absolute atomic E-state index is 12.8. The van der Waals surface area contributed by atoms with E-state index in [-0.39, 0.29) is 17.4 Å². The monoisotopic (exact) mass is 682 g/mol. The van der Waals surface area contributed by atoms with Crippen LogP contribution in [0.2, 0.25) is 0 Å². The average Bonchev–Trinajstić information content (AvgIpc) is 3.13. The van der Waals surface area contributed by atoms with E-state index in [1.54, 1.807) is 12.1 Å². The maximum atomic E-state index is 12.8. The van der Waals surface area contributed by atoms with Crippen LogP contribution in [0.1, 0.15) is 99.1 Å². The first kappa shape index (κ1) is 36.9. The zero-order valence-electron chi connectivity index (χ0n) is 31.0. The smallest absolute Gasteiger partial charge is 0.338 e. The Morgan fingerprint density at radius 2 is 0.961 bits per heavy atom. The molecule has 0 atom stereocenters.